The van der Waals surface area contributed by atoms with Crippen LogP contribution in [0, 0.1) is 11.3 Å². The summed E-state index contributed by atoms with van der Waals surface area (Å²) in [5.41, 5.74) is 3.44. The number of benzene rings is 1. The van der Waals surface area contributed by atoms with Gasteiger partial charge in [0.15, 0.2) is 0 Å². The molecule has 1 aliphatic rings. The molecule has 0 saturated carbocycles. The molecule has 2 N–H and O–H groups in total. The number of anilines is 3. The topological polar surface area (TPSA) is 77.0 Å². The number of ether oxygens (including phenoxy) is 1. The Morgan fingerprint density at radius 1 is 1.23 bits per heavy atom. The SMILES string of the molecule is COC1CCN(c2cc(C#N)nc(Nc3ccc4cc[nH]c4c3)c2)CC1. The van der Waals surface area contributed by atoms with Crippen molar-refractivity contribution in [1.29, 1.82) is 5.26 Å². The van der Waals surface area contributed by atoms with Crippen LogP contribution in [0.15, 0.2) is 42.6 Å². The number of methoxy groups -OCH3 is 1. The molecule has 132 valence electrons. The predicted molar refractivity (Wildman–Crippen MR) is 103 cm³/mol. The molecular formula is C20H21N5O. The molecule has 2 aromatic heterocycles. The molecule has 1 aromatic carbocycles. The van der Waals surface area contributed by atoms with Gasteiger partial charge in [0, 0.05) is 49.4 Å². The minimum Gasteiger partial charge on any atom is -0.381 e. The van der Waals surface area contributed by atoms with Gasteiger partial charge in [-0.1, -0.05) is 6.07 Å². The quantitative estimate of drug-likeness (QED) is 0.751. The van der Waals surface area contributed by atoms with Crippen LogP contribution in [-0.2, 0) is 4.74 Å². The summed E-state index contributed by atoms with van der Waals surface area (Å²) < 4.78 is 5.44. The summed E-state index contributed by atoms with van der Waals surface area (Å²) in [5, 5.41) is 13.9. The summed E-state index contributed by atoms with van der Waals surface area (Å²) >= 11 is 0. The van der Waals surface area contributed by atoms with E-state index in [9.17, 15) is 5.26 Å². The van der Waals surface area contributed by atoms with E-state index in [2.05, 4.69) is 32.3 Å². The molecule has 6 nitrogen and oxygen atoms in total. The van der Waals surface area contributed by atoms with Crippen LogP contribution < -0.4 is 10.2 Å². The fraction of sp³-hybridized carbons (Fsp3) is 0.300. The summed E-state index contributed by atoms with van der Waals surface area (Å²) in [7, 11) is 1.77. The van der Waals surface area contributed by atoms with E-state index in [1.54, 1.807) is 7.11 Å². The van der Waals surface area contributed by atoms with Crippen LogP contribution in [-0.4, -0.2) is 36.3 Å². The van der Waals surface area contributed by atoms with Crippen LogP contribution in [0.5, 0.6) is 0 Å². The second kappa shape index (κ2) is 7.06. The largest absolute Gasteiger partial charge is 0.381 e. The first-order valence-electron chi connectivity index (χ1n) is 8.79. The molecule has 4 rings (SSSR count). The average Bonchev–Trinajstić information content (AvgIpc) is 3.15. The van der Waals surface area contributed by atoms with Crippen molar-refractivity contribution in [2.75, 3.05) is 30.4 Å². The number of aromatic amines is 1. The van der Waals surface area contributed by atoms with Crippen molar-refractivity contribution < 1.29 is 4.74 Å². The first kappa shape index (κ1) is 16.4. The number of hydrogen-bond acceptors (Lipinski definition) is 5. The van der Waals surface area contributed by atoms with E-state index in [0.29, 0.717) is 17.6 Å². The van der Waals surface area contributed by atoms with Crippen LogP contribution in [0.25, 0.3) is 10.9 Å². The monoisotopic (exact) mass is 347 g/mol. The van der Waals surface area contributed by atoms with Gasteiger partial charge in [-0.2, -0.15) is 5.26 Å². The number of hydrogen-bond donors (Lipinski definition) is 2. The van der Waals surface area contributed by atoms with Gasteiger partial charge in [0.25, 0.3) is 0 Å². The minimum absolute atomic E-state index is 0.327. The van der Waals surface area contributed by atoms with Crippen molar-refractivity contribution in [3.05, 3.63) is 48.3 Å². The molecule has 1 fully saturated rings. The lowest BCUT2D eigenvalue weighted by molar-refractivity contribution is 0.0819. The molecule has 0 bridgehead atoms. The molecule has 3 aromatic rings. The van der Waals surface area contributed by atoms with Crippen molar-refractivity contribution in [2.45, 2.75) is 18.9 Å². The van der Waals surface area contributed by atoms with Crippen LogP contribution in [0.4, 0.5) is 17.2 Å². The van der Waals surface area contributed by atoms with Crippen molar-refractivity contribution in [1.82, 2.24) is 9.97 Å². The second-order valence-electron chi connectivity index (χ2n) is 6.53. The lowest BCUT2D eigenvalue weighted by Gasteiger charge is -2.33. The zero-order valence-corrected chi connectivity index (χ0v) is 14.7. The fourth-order valence-corrected chi connectivity index (χ4v) is 3.44. The number of piperidine rings is 1. The number of nitriles is 1. The molecule has 0 spiro atoms. The van der Waals surface area contributed by atoms with Crippen LogP contribution in [0.3, 0.4) is 0 Å². The summed E-state index contributed by atoms with van der Waals surface area (Å²) in [5.74, 6) is 0.679. The van der Waals surface area contributed by atoms with Crippen molar-refractivity contribution in [3.63, 3.8) is 0 Å². The molecule has 26 heavy (non-hydrogen) atoms. The summed E-state index contributed by atoms with van der Waals surface area (Å²) in [4.78, 5) is 9.90. The predicted octanol–water partition coefficient (Wildman–Crippen LogP) is 3.79. The van der Waals surface area contributed by atoms with E-state index in [4.69, 9.17) is 4.74 Å². The van der Waals surface area contributed by atoms with E-state index in [1.807, 2.05) is 36.5 Å². The number of rotatable bonds is 4. The molecule has 0 aliphatic carbocycles. The van der Waals surface area contributed by atoms with E-state index in [-0.39, 0.29) is 0 Å². The zero-order valence-electron chi connectivity index (χ0n) is 14.7. The standard InChI is InChI=1S/C20H21N5O/c1-26-18-5-8-25(9-6-18)17-10-16(13-21)24-20(12-17)23-15-3-2-14-4-7-22-19(14)11-15/h2-4,7,10-12,18,22H,5-6,8-9H2,1H3,(H,23,24). The Morgan fingerprint density at radius 2 is 2.08 bits per heavy atom. The lowest BCUT2D eigenvalue weighted by Crippen LogP contribution is -2.36. The maximum atomic E-state index is 9.36. The Bertz CT molecular complexity index is 950. The number of aromatic nitrogens is 2. The van der Waals surface area contributed by atoms with Crippen LogP contribution in [0.1, 0.15) is 18.5 Å². The molecule has 0 unspecified atom stereocenters. The summed E-state index contributed by atoms with van der Waals surface area (Å²) in [6.07, 6.45) is 4.23. The van der Waals surface area contributed by atoms with Crippen LogP contribution >= 0.6 is 0 Å². The smallest absolute Gasteiger partial charge is 0.144 e. The Morgan fingerprint density at radius 3 is 2.85 bits per heavy atom. The average molecular weight is 347 g/mol. The molecule has 6 heteroatoms. The molecule has 0 amide bonds. The Balaban J connectivity index is 1.58. The molecule has 0 atom stereocenters. The third-order valence-electron chi connectivity index (χ3n) is 4.89. The molecular weight excluding hydrogens is 326 g/mol. The molecule has 1 saturated heterocycles. The van der Waals surface area contributed by atoms with E-state index < -0.39 is 0 Å². The number of H-pyrrole nitrogens is 1. The van der Waals surface area contributed by atoms with Gasteiger partial charge in [-0.15, -0.1) is 0 Å². The third kappa shape index (κ3) is 3.35. The normalized spacial score (nSPS) is 15.2. The van der Waals surface area contributed by atoms with Crippen molar-refractivity contribution in [3.8, 4) is 6.07 Å². The highest BCUT2D eigenvalue weighted by Crippen LogP contribution is 2.27. The number of pyridine rings is 1. The van der Waals surface area contributed by atoms with Crippen LogP contribution in [0.2, 0.25) is 0 Å². The van der Waals surface area contributed by atoms with Gasteiger partial charge in [-0.05, 0) is 42.5 Å². The zero-order chi connectivity index (χ0) is 17.9. The first-order chi connectivity index (χ1) is 12.7. The van der Waals surface area contributed by atoms with Gasteiger partial charge in [-0.25, -0.2) is 4.98 Å². The first-order valence-corrected chi connectivity index (χ1v) is 8.79. The van der Waals surface area contributed by atoms with E-state index in [1.165, 1.54) is 0 Å². The highest BCUT2D eigenvalue weighted by Gasteiger charge is 2.20. The number of nitrogens with zero attached hydrogens (tertiary/aromatic N) is 3. The van der Waals surface area contributed by atoms with Gasteiger partial charge >= 0.3 is 0 Å². The molecule has 3 heterocycles. The minimum atomic E-state index is 0.327. The van der Waals surface area contributed by atoms with Crippen molar-refractivity contribution >= 4 is 28.1 Å². The Hall–Kier alpha value is -3.04. The van der Waals surface area contributed by atoms with Gasteiger partial charge in [0.05, 0.1) is 6.10 Å². The molecule has 0 radical (unpaired) electrons. The second-order valence-corrected chi connectivity index (χ2v) is 6.53. The summed E-state index contributed by atoms with van der Waals surface area (Å²) in [6.45, 7) is 1.84. The number of fused-ring (bicyclic) bond motifs is 1. The van der Waals surface area contributed by atoms with Gasteiger partial charge in [0.1, 0.15) is 17.6 Å². The maximum Gasteiger partial charge on any atom is 0.144 e. The Labute approximate surface area is 152 Å². The highest BCUT2D eigenvalue weighted by molar-refractivity contribution is 5.83. The highest BCUT2D eigenvalue weighted by atomic mass is 16.5. The summed E-state index contributed by atoms with van der Waals surface area (Å²) in [6, 6.07) is 14.2. The number of nitrogens with one attached hydrogen (secondary N) is 2. The lowest BCUT2D eigenvalue weighted by atomic mass is 10.1. The Kier molecular flexibility index (Phi) is 4.46. The maximum absolute atomic E-state index is 9.36. The third-order valence-corrected chi connectivity index (χ3v) is 4.89. The van der Waals surface area contributed by atoms with Crippen molar-refractivity contribution in [2.24, 2.45) is 0 Å². The van der Waals surface area contributed by atoms with Gasteiger partial charge in [-0.3, -0.25) is 0 Å². The van der Waals surface area contributed by atoms with Gasteiger partial charge in [0.2, 0.25) is 0 Å². The van der Waals surface area contributed by atoms with Gasteiger partial charge < -0.3 is 19.9 Å². The van der Waals surface area contributed by atoms with E-state index in [0.717, 1.165) is 48.2 Å². The van der Waals surface area contributed by atoms with E-state index >= 15 is 0 Å². The molecule has 1 aliphatic heterocycles. The fourth-order valence-electron chi connectivity index (χ4n) is 3.44.